The van der Waals surface area contributed by atoms with E-state index < -0.39 is 11.4 Å². The summed E-state index contributed by atoms with van der Waals surface area (Å²) in [5.41, 5.74) is -0.605. The van der Waals surface area contributed by atoms with Crippen molar-refractivity contribution in [3.05, 3.63) is 29.6 Å². The van der Waals surface area contributed by atoms with E-state index in [0.717, 1.165) is 6.07 Å². The second-order valence-corrected chi connectivity index (χ2v) is 3.59. The summed E-state index contributed by atoms with van der Waals surface area (Å²) in [6.45, 7) is 3.36. The van der Waals surface area contributed by atoms with Gasteiger partial charge in [0.1, 0.15) is 17.9 Å². The average Bonchev–Trinajstić information content (AvgIpc) is 2.16. The summed E-state index contributed by atoms with van der Waals surface area (Å²) in [5.74, 6) is 2.14. The molecule has 0 aliphatic carbocycles. The third-order valence-electron chi connectivity index (χ3n) is 1.75. The van der Waals surface area contributed by atoms with Crippen molar-refractivity contribution >= 4 is 6.29 Å². The maximum atomic E-state index is 13.0. The van der Waals surface area contributed by atoms with E-state index in [4.69, 9.17) is 11.2 Å². The maximum absolute atomic E-state index is 13.0. The molecule has 1 aromatic rings. The first-order chi connectivity index (χ1) is 6.96. The summed E-state index contributed by atoms with van der Waals surface area (Å²) in [7, 11) is 0. The van der Waals surface area contributed by atoms with Gasteiger partial charge in [-0.3, -0.25) is 4.79 Å². The minimum atomic E-state index is -0.825. The molecule has 78 valence electrons. The van der Waals surface area contributed by atoms with Gasteiger partial charge in [-0.1, -0.05) is 5.92 Å². The lowest BCUT2D eigenvalue weighted by Gasteiger charge is -2.20. The Bertz CT molecular complexity index is 416. The standard InChI is InChI=1S/C12H11FO2/c1-4-12(2,3)15-11-6-9(8-14)5-10(13)7-11/h1,5-8H,2-3H3. The monoisotopic (exact) mass is 206 g/mol. The summed E-state index contributed by atoms with van der Waals surface area (Å²) < 4.78 is 18.3. The van der Waals surface area contributed by atoms with E-state index in [1.165, 1.54) is 12.1 Å². The molecule has 1 aromatic carbocycles. The van der Waals surface area contributed by atoms with E-state index in [2.05, 4.69) is 5.92 Å². The number of rotatable bonds is 3. The van der Waals surface area contributed by atoms with Gasteiger partial charge in [0, 0.05) is 11.6 Å². The second kappa shape index (κ2) is 4.14. The molecule has 3 heteroatoms. The Morgan fingerprint density at radius 1 is 1.47 bits per heavy atom. The van der Waals surface area contributed by atoms with E-state index in [1.54, 1.807) is 13.8 Å². The van der Waals surface area contributed by atoms with Crippen molar-refractivity contribution in [2.45, 2.75) is 19.4 Å². The van der Waals surface area contributed by atoms with Crippen molar-refractivity contribution in [1.82, 2.24) is 0 Å². The molecule has 2 nitrogen and oxygen atoms in total. The van der Waals surface area contributed by atoms with Gasteiger partial charge < -0.3 is 4.74 Å². The van der Waals surface area contributed by atoms with Crippen LogP contribution in [-0.2, 0) is 0 Å². The van der Waals surface area contributed by atoms with Gasteiger partial charge in [-0.05, 0) is 26.0 Å². The van der Waals surface area contributed by atoms with Crippen LogP contribution >= 0.6 is 0 Å². The van der Waals surface area contributed by atoms with E-state index in [9.17, 15) is 9.18 Å². The maximum Gasteiger partial charge on any atom is 0.163 e. The van der Waals surface area contributed by atoms with Crippen LogP contribution in [-0.4, -0.2) is 11.9 Å². The number of hydrogen-bond donors (Lipinski definition) is 0. The Hall–Kier alpha value is -1.82. The van der Waals surface area contributed by atoms with Gasteiger partial charge in [-0.25, -0.2) is 4.39 Å². The van der Waals surface area contributed by atoms with Crippen LogP contribution in [0.5, 0.6) is 5.75 Å². The zero-order valence-corrected chi connectivity index (χ0v) is 8.58. The quantitative estimate of drug-likeness (QED) is 0.560. The number of hydrogen-bond acceptors (Lipinski definition) is 2. The highest BCUT2D eigenvalue weighted by atomic mass is 19.1. The van der Waals surface area contributed by atoms with Crippen LogP contribution in [0.1, 0.15) is 24.2 Å². The molecule has 0 spiro atoms. The molecule has 0 aliphatic heterocycles. The summed E-state index contributed by atoms with van der Waals surface area (Å²) in [4.78, 5) is 10.5. The Labute approximate surface area is 88.1 Å². The molecular weight excluding hydrogens is 195 g/mol. The second-order valence-electron chi connectivity index (χ2n) is 3.59. The fraction of sp³-hybridized carbons (Fsp3) is 0.250. The van der Waals surface area contributed by atoms with Gasteiger partial charge in [0.05, 0.1) is 0 Å². The lowest BCUT2D eigenvalue weighted by atomic mass is 10.1. The number of carbonyl (C=O) groups is 1. The van der Waals surface area contributed by atoms with Gasteiger partial charge >= 0.3 is 0 Å². The van der Waals surface area contributed by atoms with Crippen molar-refractivity contribution in [1.29, 1.82) is 0 Å². The molecule has 0 bridgehead atoms. The Morgan fingerprint density at radius 3 is 2.67 bits per heavy atom. The molecule has 0 amide bonds. The molecule has 0 saturated carbocycles. The van der Waals surface area contributed by atoms with Crippen LogP contribution < -0.4 is 4.74 Å². The van der Waals surface area contributed by atoms with Gasteiger partial charge in [0.15, 0.2) is 5.60 Å². The van der Waals surface area contributed by atoms with Crippen LogP contribution in [0.4, 0.5) is 4.39 Å². The third-order valence-corrected chi connectivity index (χ3v) is 1.75. The molecule has 0 radical (unpaired) electrons. The van der Waals surface area contributed by atoms with Crippen LogP contribution in [0.15, 0.2) is 18.2 Å². The molecule has 0 N–H and O–H groups in total. The number of carbonyl (C=O) groups excluding carboxylic acids is 1. The molecule has 0 aromatic heterocycles. The predicted molar refractivity (Wildman–Crippen MR) is 55.3 cm³/mol. The number of halogens is 1. The first-order valence-corrected chi connectivity index (χ1v) is 4.39. The fourth-order valence-electron chi connectivity index (χ4n) is 1.04. The Balaban J connectivity index is 3.01. The first kappa shape index (κ1) is 11.3. The highest BCUT2D eigenvalue weighted by molar-refractivity contribution is 5.75. The van der Waals surface area contributed by atoms with Gasteiger partial charge in [0.25, 0.3) is 0 Å². The number of ether oxygens (including phenoxy) is 1. The summed E-state index contributed by atoms with van der Waals surface area (Å²) in [6, 6.07) is 3.75. The average molecular weight is 206 g/mol. The SMILES string of the molecule is C#CC(C)(C)Oc1cc(F)cc(C=O)c1. The highest BCUT2D eigenvalue weighted by Gasteiger charge is 2.16. The van der Waals surface area contributed by atoms with Gasteiger partial charge in [-0.15, -0.1) is 6.42 Å². The van der Waals surface area contributed by atoms with Crippen LogP contribution in [0.2, 0.25) is 0 Å². The predicted octanol–water partition coefficient (Wildman–Crippen LogP) is 2.43. The van der Waals surface area contributed by atoms with E-state index >= 15 is 0 Å². The summed E-state index contributed by atoms with van der Waals surface area (Å²) in [6.07, 6.45) is 5.78. The number of aldehydes is 1. The van der Waals surface area contributed by atoms with Crippen LogP contribution in [0.25, 0.3) is 0 Å². The first-order valence-electron chi connectivity index (χ1n) is 4.39. The molecule has 0 aliphatic rings. The van der Waals surface area contributed by atoms with Crippen molar-refractivity contribution < 1.29 is 13.9 Å². The summed E-state index contributed by atoms with van der Waals surface area (Å²) >= 11 is 0. The molecule has 1 rings (SSSR count). The molecule has 0 fully saturated rings. The fourth-order valence-corrected chi connectivity index (χ4v) is 1.04. The van der Waals surface area contributed by atoms with Gasteiger partial charge in [-0.2, -0.15) is 0 Å². The minimum absolute atomic E-state index is 0.220. The number of benzene rings is 1. The molecule has 0 saturated heterocycles. The normalized spacial score (nSPS) is 10.5. The lowest BCUT2D eigenvalue weighted by molar-refractivity contribution is 0.112. The van der Waals surface area contributed by atoms with Crippen molar-refractivity contribution in [2.75, 3.05) is 0 Å². The molecule has 15 heavy (non-hydrogen) atoms. The number of terminal acetylenes is 1. The van der Waals surface area contributed by atoms with E-state index in [0.29, 0.717) is 6.29 Å². The lowest BCUT2D eigenvalue weighted by Crippen LogP contribution is -2.25. The molecule has 0 atom stereocenters. The highest BCUT2D eigenvalue weighted by Crippen LogP contribution is 2.20. The topological polar surface area (TPSA) is 26.3 Å². The zero-order chi connectivity index (χ0) is 11.5. The summed E-state index contributed by atoms with van der Waals surface area (Å²) in [5, 5.41) is 0. The van der Waals surface area contributed by atoms with Crippen molar-refractivity contribution in [3.8, 4) is 18.1 Å². The minimum Gasteiger partial charge on any atom is -0.475 e. The zero-order valence-electron chi connectivity index (χ0n) is 8.58. The molecule has 0 heterocycles. The van der Waals surface area contributed by atoms with Crippen molar-refractivity contribution in [3.63, 3.8) is 0 Å². The third kappa shape index (κ3) is 3.10. The molecule has 0 unspecified atom stereocenters. The van der Waals surface area contributed by atoms with Crippen LogP contribution in [0, 0.1) is 18.2 Å². The Kier molecular flexibility index (Phi) is 3.11. The largest absolute Gasteiger partial charge is 0.475 e. The van der Waals surface area contributed by atoms with E-state index in [-0.39, 0.29) is 11.3 Å². The molecular formula is C12H11FO2. The smallest absolute Gasteiger partial charge is 0.163 e. The Morgan fingerprint density at radius 2 is 2.13 bits per heavy atom. The van der Waals surface area contributed by atoms with Gasteiger partial charge in [0.2, 0.25) is 0 Å². The van der Waals surface area contributed by atoms with Crippen molar-refractivity contribution in [2.24, 2.45) is 0 Å². The van der Waals surface area contributed by atoms with E-state index in [1.807, 2.05) is 0 Å². The van der Waals surface area contributed by atoms with Crippen LogP contribution in [0.3, 0.4) is 0 Å².